The fraction of sp³-hybridized carbons (Fsp3) is 0.579. The van der Waals surface area contributed by atoms with Gasteiger partial charge in [-0.05, 0) is 62.5 Å². The smallest absolute Gasteiger partial charge is 0.338 e. The molecule has 1 aliphatic rings. The zero-order chi connectivity index (χ0) is 17.7. The third-order valence-corrected chi connectivity index (χ3v) is 5.16. The zero-order valence-electron chi connectivity index (χ0n) is 15.1. The van der Waals surface area contributed by atoms with Crippen LogP contribution in [0.3, 0.4) is 0 Å². The minimum Gasteiger partial charge on any atom is -0.462 e. The molecule has 1 fully saturated rings. The molecule has 1 saturated carbocycles. The first kappa shape index (κ1) is 18.7. The Morgan fingerprint density at radius 1 is 1.33 bits per heavy atom. The standard InChI is InChI=1S/C19H28N2O2S/c1-5-23-17(22)15-9-8-14(4)16(12-15)20-18(24)21-19(13(2)3)10-6-7-11-19/h8-9,12-13H,5-7,10-11H2,1-4H3,(H2,20,21,24). The third-order valence-electron chi connectivity index (χ3n) is 4.96. The molecule has 5 heteroatoms. The fourth-order valence-corrected chi connectivity index (χ4v) is 3.64. The molecule has 132 valence electrons. The van der Waals surface area contributed by atoms with Gasteiger partial charge >= 0.3 is 5.97 Å². The van der Waals surface area contributed by atoms with Crippen LogP contribution in [0.4, 0.5) is 5.69 Å². The van der Waals surface area contributed by atoms with E-state index in [1.807, 2.05) is 13.0 Å². The lowest BCUT2D eigenvalue weighted by Crippen LogP contribution is -2.51. The van der Waals surface area contributed by atoms with Crippen LogP contribution in [0.1, 0.15) is 62.4 Å². The van der Waals surface area contributed by atoms with Gasteiger partial charge in [0.2, 0.25) is 0 Å². The Labute approximate surface area is 150 Å². The highest BCUT2D eigenvalue weighted by atomic mass is 32.1. The summed E-state index contributed by atoms with van der Waals surface area (Å²) in [5, 5.41) is 7.43. The van der Waals surface area contributed by atoms with E-state index < -0.39 is 0 Å². The van der Waals surface area contributed by atoms with Crippen LogP contribution < -0.4 is 10.6 Å². The highest BCUT2D eigenvalue weighted by Crippen LogP contribution is 2.36. The summed E-state index contributed by atoms with van der Waals surface area (Å²) < 4.78 is 5.07. The Balaban J connectivity index is 2.11. The van der Waals surface area contributed by atoms with Crippen molar-refractivity contribution in [2.45, 2.75) is 58.9 Å². The lowest BCUT2D eigenvalue weighted by Gasteiger charge is -2.36. The summed E-state index contributed by atoms with van der Waals surface area (Å²) in [6, 6.07) is 5.49. The topological polar surface area (TPSA) is 50.4 Å². The first-order chi connectivity index (χ1) is 11.4. The van der Waals surface area contributed by atoms with Gasteiger partial charge in [0.1, 0.15) is 0 Å². The fourth-order valence-electron chi connectivity index (χ4n) is 3.33. The quantitative estimate of drug-likeness (QED) is 0.609. The number of thiocarbonyl (C=S) groups is 1. The van der Waals surface area contributed by atoms with Crippen molar-refractivity contribution in [3.8, 4) is 0 Å². The molecular formula is C19H28N2O2S. The number of carbonyl (C=O) groups is 1. The van der Waals surface area contributed by atoms with Gasteiger partial charge in [0.05, 0.1) is 12.2 Å². The van der Waals surface area contributed by atoms with E-state index in [2.05, 4.69) is 24.5 Å². The lowest BCUT2D eigenvalue weighted by molar-refractivity contribution is 0.0526. The van der Waals surface area contributed by atoms with Gasteiger partial charge in [-0.25, -0.2) is 4.79 Å². The summed E-state index contributed by atoms with van der Waals surface area (Å²) in [7, 11) is 0. The van der Waals surface area contributed by atoms with Crippen molar-refractivity contribution >= 4 is 29.0 Å². The van der Waals surface area contributed by atoms with Crippen LogP contribution in [-0.2, 0) is 4.74 Å². The summed E-state index contributed by atoms with van der Waals surface area (Å²) in [5.74, 6) is 0.209. The predicted octanol–water partition coefficient (Wildman–Crippen LogP) is 4.43. The van der Waals surface area contributed by atoms with Crippen molar-refractivity contribution in [3.05, 3.63) is 29.3 Å². The van der Waals surface area contributed by atoms with Crippen LogP contribution in [0, 0.1) is 12.8 Å². The number of benzene rings is 1. The second-order valence-electron chi connectivity index (χ2n) is 6.85. The molecule has 0 amide bonds. The molecule has 2 rings (SSSR count). The van der Waals surface area contributed by atoms with Gasteiger partial charge in [-0.2, -0.15) is 0 Å². The average Bonchev–Trinajstić information content (AvgIpc) is 2.99. The molecule has 1 aromatic carbocycles. The number of carbonyl (C=O) groups excluding carboxylic acids is 1. The van der Waals surface area contributed by atoms with Crippen molar-refractivity contribution in [2.24, 2.45) is 5.92 Å². The van der Waals surface area contributed by atoms with Crippen LogP contribution in [0.5, 0.6) is 0 Å². The first-order valence-electron chi connectivity index (χ1n) is 8.75. The molecule has 0 aromatic heterocycles. The summed E-state index contributed by atoms with van der Waals surface area (Å²) in [5.41, 5.74) is 2.50. The third kappa shape index (κ3) is 4.26. The van der Waals surface area contributed by atoms with Gasteiger partial charge in [-0.15, -0.1) is 0 Å². The predicted molar refractivity (Wildman–Crippen MR) is 103 cm³/mol. The van der Waals surface area contributed by atoms with E-state index in [-0.39, 0.29) is 11.5 Å². The maximum absolute atomic E-state index is 11.9. The van der Waals surface area contributed by atoms with Crippen molar-refractivity contribution in [1.29, 1.82) is 0 Å². The molecule has 0 bridgehead atoms. The molecule has 0 radical (unpaired) electrons. The van der Waals surface area contributed by atoms with E-state index in [0.29, 0.717) is 23.2 Å². The number of rotatable bonds is 5. The summed E-state index contributed by atoms with van der Waals surface area (Å²) in [6.07, 6.45) is 4.78. The van der Waals surface area contributed by atoms with Gasteiger partial charge in [-0.1, -0.05) is 32.8 Å². The minimum absolute atomic E-state index is 0.0801. The number of aryl methyl sites for hydroxylation is 1. The van der Waals surface area contributed by atoms with E-state index in [4.69, 9.17) is 17.0 Å². The monoisotopic (exact) mass is 348 g/mol. The second kappa shape index (κ2) is 7.97. The molecule has 0 aliphatic heterocycles. The van der Waals surface area contributed by atoms with Crippen molar-refractivity contribution in [2.75, 3.05) is 11.9 Å². The lowest BCUT2D eigenvalue weighted by atomic mass is 9.85. The molecule has 0 spiro atoms. The Kier molecular flexibility index (Phi) is 6.21. The van der Waals surface area contributed by atoms with Crippen molar-refractivity contribution in [1.82, 2.24) is 5.32 Å². The normalized spacial score (nSPS) is 16.0. The Hall–Kier alpha value is -1.62. The Morgan fingerprint density at radius 2 is 2.00 bits per heavy atom. The molecule has 4 nitrogen and oxygen atoms in total. The van der Waals surface area contributed by atoms with Crippen molar-refractivity contribution in [3.63, 3.8) is 0 Å². The molecular weight excluding hydrogens is 320 g/mol. The molecule has 0 unspecified atom stereocenters. The second-order valence-corrected chi connectivity index (χ2v) is 7.26. The van der Waals surface area contributed by atoms with Crippen molar-refractivity contribution < 1.29 is 9.53 Å². The molecule has 2 N–H and O–H groups in total. The molecule has 0 heterocycles. The van der Waals surface area contributed by atoms with Gasteiger partial charge in [0.15, 0.2) is 5.11 Å². The zero-order valence-corrected chi connectivity index (χ0v) is 15.9. The Morgan fingerprint density at radius 3 is 2.58 bits per heavy atom. The number of ether oxygens (including phenoxy) is 1. The minimum atomic E-state index is -0.311. The van der Waals surface area contributed by atoms with Crippen LogP contribution in [-0.4, -0.2) is 23.2 Å². The van der Waals surface area contributed by atoms with Gasteiger partial charge in [0.25, 0.3) is 0 Å². The van der Waals surface area contributed by atoms with E-state index in [1.54, 1.807) is 19.1 Å². The van der Waals surface area contributed by atoms with Gasteiger partial charge in [-0.3, -0.25) is 0 Å². The van der Waals surface area contributed by atoms with E-state index >= 15 is 0 Å². The van der Waals surface area contributed by atoms with Gasteiger partial charge < -0.3 is 15.4 Å². The molecule has 24 heavy (non-hydrogen) atoms. The molecule has 1 aliphatic carbocycles. The summed E-state index contributed by atoms with van der Waals surface area (Å²) in [4.78, 5) is 11.9. The van der Waals surface area contributed by atoms with Crippen LogP contribution >= 0.6 is 12.2 Å². The summed E-state index contributed by atoms with van der Waals surface area (Å²) in [6.45, 7) is 8.65. The number of hydrogen-bond donors (Lipinski definition) is 2. The number of esters is 1. The van der Waals surface area contributed by atoms with E-state index in [1.165, 1.54) is 12.8 Å². The largest absolute Gasteiger partial charge is 0.462 e. The van der Waals surface area contributed by atoms with E-state index in [0.717, 1.165) is 24.1 Å². The van der Waals surface area contributed by atoms with Crippen LogP contribution in [0.25, 0.3) is 0 Å². The molecule has 1 aromatic rings. The number of anilines is 1. The Bertz CT molecular complexity index is 607. The SMILES string of the molecule is CCOC(=O)c1ccc(C)c(NC(=S)NC2(C(C)C)CCCC2)c1. The van der Waals surface area contributed by atoms with E-state index in [9.17, 15) is 4.79 Å². The first-order valence-corrected chi connectivity index (χ1v) is 9.15. The molecule has 0 saturated heterocycles. The maximum Gasteiger partial charge on any atom is 0.338 e. The maximum atomic E-state index is 11.9. The van der Waals surface area contributed by atoms with Crippen LogP contribution in [0.15, 0.2) is 18.2 Å². The molecule has 0 atom stereocenters. The highest BCUT2D eigenvalue weighted by molar-refractivity contribution is 7.80. The summed E-state index contributed by atoms with van der Waals surface area (Å²) >= 11 is 5.55. The highest BCUT2D eigenvalue weighted by Gasteiger charge is 2.37. The van der Waals surface area contributed by atoms with Crippen LogP contribution in [0.2, 0.25) is 0 Å². The number of hydrogen-bond acceptors (Lipinski definition) is 3. The average molecular weight is 349 g/mol. The van der Waals surface area contributed by atoms with Gasteiger partial charge in [0, 0.05) is 11.2 Å². The number of nitrogens with one attached hydrogen (secondary N) is 2.